The zero-order chi connectivity index (χ0) is 11.4. The standard InChI is InChI=1S/C12H18ClNO.ClH/c1-4-15-12-5-8(2)11(13)7-10(12)6-9(3)14;/h5,7,9H,4,6,14H2,1-3H3;1H. The van der Waals surface area contributed by atoms with Crippen molar-refractivity contribution in [1.82, 2.24) is 0 Å². The molecule has 1 aromatic carbocycles. The van der Waals surface area contributed by atoms with E-state index >= 15 is 0 Å². The first kappa shape index (κ1) is 15.6. The second kappa shape index (κ2) is 7.00. The van der Waals surface area contributed by atoms with Crippen LogP contribution in [0.25, 0.3) is 0 Å². The first-order chi connectivity index (χ1) is 7.04. The number of aryl methyl sites for hydroxylation is 1. The van der Waals surface area contributed by atoms with Crippen molar-refractivity contribution >= 4 is 24.0 Å². The summed E-state index contributed by atoms with van der Waals surface area (Å²) >= 11 is 6.07. The summed E-state index contributed by atoms with van der Waals surface area (Å²) in [6, 6.07) is 4.04. The molecule has 1 aromatic rings. The fourth-order valence-electron chi connectivity index (χ4n) is 1.49. The molecule has 0 amide bonds. The second-order valence-electron chi connectivity index (χ2n) is 3.82. The van der Waals surface area contributed by atoms with Crippen molar-refractivity contribution in [2.45, 2.75) is 33.2 Å². The first-order valence-corrected chi connectivity index (χ1v) is 5.59. The molecule has 0 aliphatic carbocycles. The van der Waals surface area contributed by atoms with E-state index in [-0.39, 0.29) is 18.4 Å². The van der Waals surface area contributed by atoms with Gasteiger partial charge < -0.3 is 10.5 Å². The van der Waals surface area contributed by atoms with Crippen LogP contribution in [0.1, 0.15) is 25.0 Å². The Bertz CT molecular complexity index is 340. The maximum absolute atomic E-state index is 6.07. The number of hydrogen-bond donors (Lipinski definition) is 1. The van der Waals surface area contributed by atoms with Crippen LogP contribution in [0, 0.1) is 6.92 Å². The van der Waals surface area contributed by atoms with Gasteiger partial charge in [0.2, 0.25) is 0 Å². The molecular weight excluding hydrogens is 245 g/mol. The minimum atomic E-state index is 0. The third-order valence-corrected chi connectivity index (χ3v) is 2.59. The lowest BCUT2D eigenvalue weighted by atomic mass is 10.0. The Labute approximate surface area is 109 Å². The molecule has 1 unspecified atom stereocenters. The van der Waals surface area contributed by atoms with E-state index < -0.39 is 0 Å². The lowest BCUT2D eigenvalue weighted by molar-refractivity contribution is 0.335. The topological polar surface area (TPSA) is 35.2 Å². The molecule has 0 fully saturated rings. The van der Waals surface area contributed by atoms with Gasteiger partial charge in [-0.3, -0.25) is 0 Å². The fraction of sp³-hybridized carbons (Fsp3) is 0.500. The quantitative estimate of drug-likeness (QED) is 0.905. The van der Waals surface area contributed by atoms with Crippen LogP contribution in [-0.2, 0) is 6.42 Å². The number of nitrogens with two attached hydrogens (primary N) is 1. The number of ether oxygens (including phenoxy) is 1. The van der Waals surface area contributed by atoms with Gasteiger partial charge in [-0.15, -0.1) is 12.4 Å². The van der Waals surface area contributed by atoms with Crippen LogP contribution in [0.2, 0.25) is 5.02 Å². The summed E-state index contributed by atoms with van der Waals surface area (Å²) in [5.74, 6) is 0.900. The molecule has 0 radical (unpaired) electrons. The molecule has 0 spiro atoms. The Morgan fingerprint density at radius 2 is 2.06 bits per heavy atom. The summed E-state index contributed by atoms with van der Waals surface area (Å²) in [6.45, 7) is 6.58. The van der Waals surface area contributed by atoms with Crippen molar-refractivity contribution < 1.29 is 4.74 Å². The summed E-state index contributed by atoms with van der Waals surface area (Å²) in [5, 5.41) is 0.772. The minimum Gasteiger partial charge on any atom is -0.494 e. The SMILES string of the molecule is CCOc1cc(C)c(Cl)cc1CC(C)N.Cl. The summed E-state index contributed by atoms with van der Waals surface area (Å²) in [5.41, 5.74) is 7.90. The highest BCUT2D eigenvalue weighted by molar-refractivity contribution is 6.31. The predicted molar refractivity (Wildman–Crippen MR) is 72.0 cm³/mol. The van der Waals surface area contributed by atoms with E-state index in [1.165, 1.54) is 0 Å². The van der Waals surface area contributed by atoms with Gasteiger partial charge >= 0.3 is 0 Å². The maximum Gasteiger partial charge on any atom is 0.122 e. The van der Waals surface area contributed by atoms with Crippen molar-refractivity contribution in [1.29, 1.82) is 0 Å². The molecular formula is C12H19Cl2NO. The zero-order valence-corrected chi connectivity index (χ0v) is 11.5. The molecule has 0 aliphatic heterocycles. The highest BCUT2D eigenvalue weighted by Gasteiger charge is 2.09. The summed E-state index contributed by atoms with van der Waals surface area (Å²) < 4.78 is 5.56. The van der Waals surface area contributed by atoms with Gasteiger partial charge in [0.25, 0.3) is 0 Å². The first-order valence-electron chi connectivity index (χ1n) is 5.22. The van der Waals surface area contributed by atoms with Gasteiger partial charge in [0, 0.05) is 11.1 Å². The van der Waals surface area contributed by atoms with E-state index in [1.54, 1.807) is 0 Å². The Kier molecular flexibility index (Phi) is 6.81. The average Bonchev–Trinajstić information content (AvgIpc) is 2.13. The lowest BCUT2D eigenvalue weighted by Crippen LogP contribution is -2.18. The number of rotatable bonds is 4. The van der Waals surface area contributed by atoms with Crippen LogP contribution in [0.5, 0.6) is 5.75 Å². The molecule has 2 N–H and O–H groups in total. The number of hydrogen-bond acceptors (Lipinski definition) is 2. The van der Waals surface area contributed by atoms with Crippen LogP contribution < -0.4 is 10.5 Å². The Morgan fingerprint density at radius 1 is 1.44 bits per heavy atom. The number of benzene rings is 1. The molecule has 0 bridgehead atoms. The van der Waals surface area contributed by atoms with Crippen molar-refractivity contribution in [3.05, 3.63) is 28.3 Å². The van der Waals surface area contributed by atoms with Gasteiger partial charge in [0.05, 0.1) is 6.61 Å². The molecule has 2 nitrogen and oxygen atoms in total. The predicted octanol–water partition coefficient (Wildman–Crippen LogP) is 3.36. The van der Waals surface area contributed by atoms with Gasteiger partial charge in [0.15, 0.2) is 0 Å². The molecule has 0 saturated carbocycles. The molecule has 0 heterocycles. The number of halogens is 2. The van der Waals surface area contributed by atoms with E-state index in [9.17, 15) is 0 Å². The smallest absolute Gasteiger partial charge is 0.122 e. The van der Waals surface area contributed by atoms with Crippen LogP contribution in [0.4, 0.5) is 0 Å². The van der Waals surface area contributed by atoms with Crippen molar-refractivity contribution in [3.63, 3.8) is 0 Å². The van der Waals surface area contributed by atoms with Crippen LogP contribution in [0.3, 0.4) is 0 Å². The highest BCUT2D eigenvalue weighted by atomic mass is 35.5. The van der Waals surface area contributed by atoms with E-state index in [2.05, 4.69) is 0 Å². The minimum absolute atomic E-state index is 0. The van der Waals surface area contributed by atoms with E-state index in [0.29, 0.717) is 6.61 Å². The van der Waals surface area contributed by atoms with Crippen molar-refractivity contribution in [3.8, 4) is 5.75 Å². The van der Waals surface area contributed by atoms with Gasteiger partial charge in [-0.05, 0) is 50.5 Å². The Hall–Kier alpha value is -0.440. The highest BCUT2D eigenvalue weighted by Crippen LogP contribution is 2.27. The molecule has 16 heavy (non-hydrogen) atoms. The monoisotopic (exact) mass is 263 g/mol. The zero-order valence-electron chi connectivity index (χ0n) is 9.92. The van der Waals surface area contributed by atoms with Crippen molar-refractivity contribution in [2.24, 2.45) is 5.73 Å². The van der Waals surface area contributed by atoms with Gasteiger partial charge in [-0.1, -0.05) is 11.6 Å². The van der Waals surface area contributed by atoms with Crippen LogP contribution in [-0.4, -0.2) is 12.6 Å². The van der Waals surface area contributed by atoms with Gasteiger partial charge in [-0.2, -0.15) is 0 Å². The van der Waals surface area contributed by atoms with Crippen LogP contribution >= 0.6 is 24.0 Å². The average molecular weight is 264 g/mol. The van der Waals surface area contributed by atoms with Crippen molar-refractivity contribution in [2.75, 3.05) is 6.61 Å². The summed E-state index contributed by atoms with van der Waals surface area (Å²) in [7, 11) is 0. The summed E-state index contributed by atoms with van der Waals surface area (Å²) in [4.78, 5) is 0. The van der Waals surface area contributed by atoms with E-state index in [1.807, 2.05) is 32.9 Å². The maximum atomic E-state index is 6.07. The Morgan fingerprint density at radius 3 is 2.56 bits per heavy atom. The summed E-state index contributed by atoms with van der Waals surface area (Å²) in [6.07, 6.45) is 0.787. The second-order valence-corrected chi connectivity index (χ2v) is 4.23. The third-order valence-electron chi connectivity index (χ3n) is 2.18. The Balaban J connectivity index is 0.00000225. The van der Waals surface area contributed by atoms with Gasteiger partial charge in [-0.25, -0.2) is 0 Å². The fourth-order valence-corrected chi connectivity index (χ4v) is 1.68. The lowest BCUT2D eigenvalue weighted by Gasteiger charge is -2.14. The molecule has 0 aliphatic rings. The molecule has 4 heteroatoms. The molecule has 0 aromatic heterocycles. The molecule has 92 valence electrons. The van der Waals surface area contributed by atoms with Crippen LogP contribution in [0.15, 0.2) is 12.1 Å². The van der Waals surface area contributed by atoms with Gasteiger partial charge in [0.1, 0.15) is 5.75 Å². The molecule has 1 rings (SSSR count). The normalized spacial score (nSPS) is 11.8. The van der Waals surface area contributed by atoms with E-state index in [4.69, 9.17) is 22.1 Å². The van der Waals surface area contributed by atoms with E-state index in [0.717, 1.165) is 28.3 Å². The molecule has 1 atom stereocenters. The molecule has 0 saturated heterocycles. The third kappa shape index (κ3) is 4.20. The largest absolute Gasteiger partial charge is 0.494 e.